The number of carbonyl (C=O) groups is 1. The lowest BCUT2D eigenvalue weighted by Crippen LogP contribution is -2.19. The van der Waals surface area contributed by atoms with Crippen LogP contribution in [0.2, 0.25) is 0 Å². The molecule has 1 heterocycles. The summed E-state index contributed by atoms with van der Waals surface area (Å²) in [5.74, 6) is 0.809. The Hall–Kier alpha value is -2.93. The van der Waals surface area contributed by atoms with Gasteiger partial charge in [-0.1, -0.05) is 24.3 Å². The van der Waals surface area contributed by atoms with Crippen molar-refractivity contribution in [3.63, 3.8) is 0 Å². The zero-order chi connectivity index (χ0) is 18.5. The van der Waals surface area contributed by atoms with Gasteiger partial charge in [0, 0.05) is 5.69 Å². The van der Waals surface area contributed by atoms with Gasteiger partial charge in [-0.25, -0.2) is 4.68 Å². The zero-order valence-corrected chi connectivity index (χ0v) is 15.4. The molecule has 6 nitrogen and oxygen atoms in total. The summed E-state index contributed by atoms with van der Waals surface area (Å²) in [6.45, 7) is 4.06. The smallest absolute Gasteiger partial charge is 0.287 e. The lowest BCUT2D eigenvalue weighted by molar-refractivity contribution is -0.117. The molecule has 1 aromatic heterocycles. The number of ether oxygens (including phenoxy) is 1. The van der Waals surface area contributed by atoms with Crippen LogP contribution in [0.5, 0.6) is 5.75 Å². The van der Waals surface area contributed by atoms with Crippen molar-refractivity contribution in [2.75, 3.05) is 5.32 Å². The SMILES string of the molecule is Cc1cccc(NC(=O)Cn2nc(COc3cccc(C)c3)oc2=S)c1. The maximum absolute atomic E-state index is 12.2. The standard InChI is InChI=1S/C19H19N3O3S/c1-13-5-3-7-15(9-13)20-17(23)11-22-19(26)25-18(21-22)12-24-16-8-4-6-14(2)10-16/h3-10H,11-12H2,1-2H3,(H,20,23). The van der Waals surface area contributed by atoms with Gasteiger partial charge in [0.1, 0.15) is 12.3 Å². The quantitative estimate of drug-likeness (QED) is 0.664. The minimum atomic E-state index is -0.230. The predicted octanol–water partition coefficient (Wildman–Crippen LogP) is 4.04. The molecule has 1 N–H and O–H groups in total. The van der Waals surface area contributed by atoms with Gasteiger partial charge < -0.3 is 14.5 Å². The molecular formula is C19H19N3O3S. The molecule has 0 aliphatic heterocycles. The number of hydrogen-bond donors (Lipinski definition) is 1. The van der Waals surface area contributed by atoms with E-state index in [1.165, 1.54) is 4.68 Å². The topological polar surface area (TPSA) is 69.3 Å². The molecule has 0 bridgehead atoms. The van der Waals surface area contributed by atoms with E-state index in [2.05, 4.69) is 10.4 Å². The lowest BCUT2D eigenvalue weighted by atomic mass is 10.2. The molecule has 26 heavy (non-hydrogen) atoms. The highest BCUT2D eigenvalue weighted by Gasteiger charge is 2.11. The second-order valence-electron chi connectivity index (χ2n) is 5.94. The minimum absolute atomic E-state index is 0.0271. The van der Waals surface area contributed by atoms with E-state index in [-0.39, 0.29) is 23.9 Å². The molecule has 7 heteroatoms. The van der Waals surface area contributed by atoms with E-state index in [1.54, 1.807) is 0 Å². The summed E-state index contributed by atoms with van der Waals surface area (Å²) in [5.41, 5.74) is 2.89. The summed E-state index contributed by atoms with van der Waals surface area (Å²) in [7, 11) is 0. The van der Waals surface area contributed by atoms with E-state index >= 15 is 0 Å². The van der Waals surface area contributed by atoms with Crippen molar-refractivity contribution >= 4 is 23.8 Å². The van der Waals surface area contributed by atoms with Crippen LogP contribution in [0.1, 0.15) is 17.0 Å². The fraction of sp³-hybridized carbons (Fsp3) is 0.211. The number of amides is 1. The first-order valence-corrected chi connectivity index (χ1v) is 8.53. The summed E-state index contributed by atoms with van der Waals surface area (Å²) >= 11 is 5.13. The Morgan fingerprint density at radius 2 is 1.92 bits per heavy atom. The van der Waals surface area contributed by atoms with Crippen molar-refractivity contribution in [1.29, 1.82) is 0 Å². The second-order valence-corrected chi connectivity index (χ2v) is 6.29. The van der Waals surface area contributed by atoms with Crippen molar-refractivity contribution in [2.24, 2.45) is 0 Å². The molecule has 0 unspecified atom stereocenters. The van der Waals surface area contributed by atoms with Crippen LogP contribution >= 0.6 is 12.2 Å². The number of hydrogen-bond acceptors (Lipinski definition) is 5. The van der Waals surface area contributed by atoms with E-state index in [9.17, 15) is 4.79 Å². The zero-order valence-electron chi connectivity index (χ0n) is 14.6. The molecule has 0 radical (unpaired) electrons. The normalized spacial score (nSPS) is 10.5. The van der Waals surface area contributed by atoms with Gasteiger partial charge in [0.25, 0.3) is 10.7 Å². The molecular weight excluding hydrogens is 350 g/mol. The highest BCUT2D eigenvalue weighted by Crippen LogP contribution is 2.14. The van der Waals surface area contributed by atoms with Gasteiger partial charge in [-0.2, -0.15) is 0 Å². The number of aryl methyl sites for hydroxylation is 2. The average molecular weight is 369 g/mol. The Bertz CT molecular complexity index is 978. The Balaban J connectivity index is 1.60. The molecule has 0 atom stereocenters. The maximum atomic E-state index is 12.2. The third-order valence-electron chi connectivity index (χ3n) is 3.60. The third-order valence-corrected chi connectivity index (χ3v) is 3.89. The molecule has 134 valence electrons. The summed E-state index contributed by atoms with van der Waals surface area (Å²) in [5, 5.41) is 7.02. The third kappa shape index (κ3) is 4.80. The number of nitrogens with zero attached hydrogens (tertiary/aromatic N) is 2. The first-order valence-electron chi connectivity index (χ1n) is 8.12. The van der Waals surface area contributed by atoms with Gasteiger partial charge in [-0.3, -0.25) is 4.79 Å². The maximum Gasteiger partial charge on any atom is 0.287 e. The number of benzene rings is 2. The highest BCUT2D eigenvalue weighted by molar-refractivity contribution is 7.71. The van der Waals surface area contributed by atoms with Crippen molar-refractivity contribution in [3.8, 4) is 5.75 Å². The number of rotatable bonds is 6. The second kappa shape index (κ2) is 7.97. The molecule has 0 fully saturated rings. The molecule has 0 saturated heterocycles. The van der Waals surface area contributed by atoms with Crippen molar-refractivity contribution in [2.45, 2.75) is 27.0 Å². The molecule has 0 saturated carbocycles. The Morgan fingerprint density at radius 1 is 1.19 bits per heavy atom. The van der Waals surface area contributed by atoms with Crippen LogP contribution in [0.25, 0.3) is 0 Å². The molecule has 0 aliphatic rings. The summed E-state index contributed by atoms with van der Waals surface area (Å²) in [6.07, 6.45) is 0. The van der Waals surface area contributed by atoms with E-state index < -0.39 is 0 Å². The fourth-order valence-corrected chi connectivity index (χ4v) is 2.62. The van der Waals surface area contributed by atoms with Gasteiger partial charge in [-0.05, 0) is 61.5 Å². The number of carbonyl (C=O) groups excluding carboxylic acids is 1. The van der Waals surface area contributed by atoms with Crippen molar-refractivity contribution < 1.29 is 13.9 Å². The lowest BCUT2D eigenvalue weighted by Gasteiger charge is -2.05. The van der Waals surface area contributed by atoms with Crippen LogP contribution in [-0.4, -0.2) is 15.7 Å². The predicted molar refractivity (Wildman–Crippen MR) is 101 cm³/mol. The van der Waals surface area contributed by atoms with Crippen molar-refractivity contribution in [3.05, 3.63) is 70.4 Å². The first-order chi connectivity index (χ1) is 12.5. The van der Waals surface area contributed by atoms with E-state index in [1.807, 2.05) is 62.4 Å². The Morgan fingerprint density at radius 3 is 2.65 bits per heavy atom. The van der Waals surface area contributed by atoms with Crippen LogP contribution < -0.4 is 10.1 Å². The van der Waals surface area contributed by atoms with Crippen LogP contribution in [0, 0.1) is 18.7 Å². The van der Waals surface area contributed by atoms with E-state index in [4.69, 9.17) is 21.4 Å². The number of anilines is 1. The summed E-state index contributed by atoms with van der Waals surface area (Å²) < 4.78 is 12.4. The average Bonchev–Trinajstić information content (AvgIpc) is 2.93. The van der Waals surface area contributed by atoms with E-state index in [0.717, 1.165) is 22.6 Å². The van der Waals surface area contributed by atoms with Crippen LogP contribution in [0.15, 0.2) is 52.9 Å². The molecule has 1 amide bonds. The van der Waals surface area contributed by atoms with E-state index in [0.29, 0.717) is 5.89 Å². The highest BCUT2D eigenvalue weighted by atomic mass is 32.1. The van der Waals surface area contributed by atoms with Gasteiger partial charge in [0.05, 0.1) is 0 Å². The van der Waals surface area contributed by atoms with Gasteiger partial charge in [-0.15, -0.1) is 5.10 Å². The van der Waals surface area contributed by atoms with Crippen LogP contribution in [-0.2, 0) is 17.9 Å². The number of nitrogens with one attached hydrogen (secondary N) is 1. The van der Waals surface area contributed by atoms with Crippen molar-refractivity contribution in [1.82, 2.24) is 9.78 Å². The largest absolute Gasteiger partial charge is 0.484 e. The fourth-order valence-electron chi connectivity index (χ4n) is 2.42. The minimum Gasteiger partial charge on any atom is -0.484 e. The first kappa shape index (κ1) is 17.9. The van der Waals surface area contributed by atoms with Crippen LogP contribution in [0.4, 0.5) is 5.69 Å². The summed E-state index contributed by atoms with van der Waals surface area (Å²) in [6, 6.07) is 15.2. The van der Waals surface area contributed by atoms with Gasteiger partial charge in [0.2, 0.25) is 5.91 Å². The molecule has 3 rings (SSSR count). The van der Waals surface area contributed by atoms with Gasteiger partial charge >= 0.3 is 0 Å². The molecule has 3 aromatic rings. The molecule has 0 spiro atoms. The van der Waals surface area contributed by atoms with Crippen LogP contribution in [0.3, 0.4) is 0 Å². The Labute approximate surface area is 156 Å². The Kier molecular flexibility index (Phi) is 5.48. The number of aromatic nitrogens is 2. The molecule has 0 aliphatic carbocycles. The monoisotopic (exact) mass is 369 g/mol. The van der Waals surface area contributed by atoms with Gasteiger partial charge in [0.15, 0.2) is 6.61 Å². The molecule has 2 aromatic carbocycles. The summed E-state index contributed by atoms with van der Waals surface area (Å²) in [4.78, 5) is 12.3.